The molecular weight excluding hydrogens is 596 g/mol. The normalized spacial score (nSPS) is 12.6. The number of amides is 1. The van der Waals surface area contributed by atoms with Gasteiger partial charge in [-0.1, -0.05) is 89.7 Å². The molecule has 1 amide bonds. The molecule has 0 bridgehead atoms. The van der Waals surface area contributed by atoms with E-state index in [9.17, 15) is 9.59 Å². The van der Waals surface area contributed by atoms with Gasteiger partial charge in [0.25, 0.3) is 5.91 Å². The van der Waals surface area contributed by atoms with E-state index < -0.39 is 0 Å². The second-order valence-electron chi connectivity index (χ2n) is 10.9. The van der Waals surface area contributed by atoms with Crippen LogP contribution in [-0.2, 0) is 6.54 Å². The van der Waals surface area contributed by atoms with Crippen LogP contribution in [0.15, 0.2) is 53.6 Å². The number of halogens is 1. The third kappa shape index (κ3) is 12.7. The molecule has 5 nitrogen and oxygen atoms in total. The van der Waals surface area contributed by atoms with Crippen LogP contribution in [0.2, 0.25) is 0 Å². The number of unbranched alkanes of at least 4 members (excludes halogenated alkanes) is 11. The topological polar surface area (TPSA) is 58.6 Å². The highest BCUT2D eigenvalue weighted by atomic mass is 79.9. The van der Waals surface area contributed by atoms with Gasteiger partial charge in [-0.05, 0) is 61.6 Å². The van der Waals surface area contributed by atoms with Gasteiger partial charge in [0.2, 0.25) is 0 Å². The van der Waals surface area contributed by atoms with Gasteiger partial charge in [-0.25, -0.2) is 0 Å². The largest absolute Gasteiger partial charge is 0.493 e. The molecule has 2 aromatic rings. The Morgan fingerprint density at radius 2 is 1.49 bits per heavy atom. The number of allylic oxidation sites excluding steroid dienone is 1. The summed E-state index contributed by atoms with van der Waals surface area (Å²) in [6.45, 7) is 7.34. The van der Waals surface area contributed by atoms with Crippen LogP contribution in [-0.4, -0.2) is 29.1 Å². The van der Waals surface area contributed by atoms with Gasteiger partial charge in [0, 0.05) is 23.5 Å². The molecule has 1 aliphatic rings. The zero-order valence-corrected chi connectivity index (χ0v) is 27.7. The smallest absolute Gasteiger partial charge is 0.255 e. The second-order valence-corrected chi connectivity index (χ2v) is 11.7. The van der Waals surface area contributed by atoms with Gasteiger partial charge in [-0.2, -0.15) is 0 Å². The maximum atomic E-state index is 12.9. The van der Waals surface area contributed by atoms with E-state index in [1.165, 1.54) is 82.4 Å². The number of nitrogens with zero attached hydrogens (tertiary/aromatic N) is 1. The molecular formula is C34H49BrN2O3S. The number of ketones is 1. The number of ether oxygens (including phenoxy) is 1. The van der Waals surface area contributed by atoms with Crippen molar-refractivity contribution in [3.63, 3.8) is 0 Å². The van der Waals surface area contributed by atoms with Crippen molar-refractivity contribution in [2.45, 2.75) is 104 Å². The van der Waals surface area contributed by atoms with E-state index in [0.29, 0.717) is 23.5 Å². The predicted octanol–water partition coefficient (Wildman–Crippen LogP) is 10.2. The Morgan fingerprint density at radius 3 is 2.05 bits per heavy atom. The number of nitrogens with one attached hydrogen (secondary N) is 1. The Morgan fingerprint density at radius 1 is 0.878 bits per heavy atom. The summed E-state index contributed by atoms with van der Waals surface area (Å²) in [4.78, 5) is 27.5. The first kappa shape index (κ1) is 34.9. The first-order chi connectivity index (χ1) is 19.5. The third-order valence-electron chi connectivity index (χ3n) is 7.44. The van der Waals surface area contributed by atoms with E-state index in [1.54, 1.807) is 18.2 Å². The Hall–Kier alpha value is -2.25. The van der Waals surface area contributed by atoms with E-state index in [2.05, 4.69) is 29.5 Å². The van der Waals surface area contributed by atoms with Gasteiger partial charge in [-0.3, -0.25) is 9.59 Å². The van der Waals surface area contributed by atoms with E-state index in [4.69, 9.17) is 4.74 Å². The molecule has 0 fully saturated rings. The monoisotopic (exact) mass is 644 g/mol. The lowest BCUT2D eigenvalue weighted by Crippen LogP contribution is -2.17. The molecule has 0 aliphatic carbocycles. The maximum Gasteiger partial charge on any atom is 0.255 e. The third-order valence-corrected chi connectivity index (χ3v) is 8.41. The highest BCUT2D eigenvalue weighted by molar-refractivity contribution is 8.93. The molecule has 0 saturated carbocycles. The Labute approximate surface area is 262 Å². The summed E-state index contributed by atoms with van der Waals surface area (Å²) >= 11 is 1.81. The minimum Gasteiger partial charge on any atom is -0.493 e. The summed E-state index contributed by atoms with van der Waals surface area (Å²) < 4.78 is 5.96. The van der Waals surface area contributed by atoms with Crippen LogP contribution in [0.5, 0.6) is 5.75 Å². The number of Topliss-reactive ketones (excluding diaryl/α,β-unsaturated/α-hetero) is 1. The van der Waals surface area contributed by atoms with Crippen LogP contribution >= 0.6 is 28.7 Å². The van der Waals surface area contributed by atoms with Crippen LogP contribution < -0.4 is 10.1 Å². The SMILES string of the molecule is Br.CCCCCCCCCCCCCCOc1ccc(C(=O)Nc2ccc(CN3CSC=C3C)cc2)cc1C(C)=O. The Bertz CT molecular complexity index is 1100. The second kappa shape index (κ2) is 19.8. The summed E-state index contributed by atoms with van der Waals surface area (Å²) in [5.41, 5.74) is 4.11. The van der Waals surface area contributed by atoms with Crippen LogP contribution in [0.25, 0.3) is 0 Å². The number of benzene rings is 2. The van der Waals surface area contributed by atoms with Crippen molar-refractivity contribution < 1.29 is 14.3 Å². The summed E-state index contributed by atoms with van der Waals surface area (Å²) in [5, 5.41) is 5.13. The molecule has 1 aliphatic heterocycles. The van der Waals surface area contributed by atoms with Crippen LogP contribution in [0.3, 0.4) is 0 Å². The standard InChI is InChI=1S/C34H48N2O3S.BrH/c1-4-5-6-7-8-9-10-11-12-13-14-15-22-39-33-21-18-30(23-32(33)28(3)37)34(38)35-31-19-16-29(17-20-31)24-36-26-40-25-27(36)2;/h16-21,23,25H,4-15,22,24,26H2,1-3H3,(H,35,38);1H. The molecule has 7 heteroatoms. The van der Waals surface area contributed by atoms with E-state index in [0.717, 1.165) is 31.0 Å². The number of carbonyl (C=O) groups excluding carboxylic acids is 2. The molecule has 0 unspecified atom stereocenters. The molecule has 41 heavy (non-hydrogen) atoms. The van der Waals surface area contributed by atoms with Crippen molar-refractivity contribution in [3.8, 4) is 5.75 Å². The number of anilines is 1. The summed E-state index contributed by atoms with van der Waals surface area (Å²) in [6, 6.07) is 13.1. The molecule has 0 radical (unpaired) electrons. The summed E-state index contributed by atoms with van der Waals surface area (Å²) in [6.07, 6.45) is 15.5. The lowest BCUT2D eigenvalue weighted by molar-refractivity contribution is 0.101. The molecule has 0 atom stereocenters. The van der Waals surface area contributed by atoms with Crippen molar-refractivity contribution >= 4 is 46.1 Å². The van der Waals surface area contributed by atoms with Gasteiger partial charge >= 0.3 is 0 Å². The van der Waals surface area contributed by atoms with Gasteiger partial charge in [0.05, 0.1) is 18.0 Å². The number of carbonyl (C=O) groups is 2. The number of hydrogen-bond acceptors (Lipinski definition) is 5. The van der Waals surface area contributed by atoms with Crippen molar-refractivity contribution in [1.29, 1.82) is 0 Å². The highest BCUT2D eigenvalue weighted by Crippen LogP contribution is 2.26. The predicted molar refractivity (Wildman–Crippen MR) is 179 cm³/mol. The van der Waals surface area contributed by atoms with Gasteiger partial charge in [-0.15, -0.1) is 28.7 Å². The molecule has 1 N–H and O–H groups in total. The van der Waals surface area contributed by atoms with Gasteiger partial charge in [0.15, 0.2) is 5.78 Å². The Balaban J connectivity index is 0.00000588. The zero-order chi connectivity index (χ0) is 28.6. The molecule has 0 saturated heterocycles. The molecule has 0 aromatic heterocycles. The van der Waals surface area contributed by atoms with Crippen molar-refractivity contribution in [2.24, 2.45) is 0 Å². The minimum absolute atomic E-state index is 0. The summed E-state index contributed by atoms with van der Waals surface area (Å²) in [7, 11) is 0. The van der Waals surface area contributed by atoms with Crippen molar-refractivity contribution in [2.75, 3.05) is 17.8 Å². The average molecular weight is 646 g/mol. The highest BCUT2D eigenvalue weighted by Gasteiger charge is 2.15. The van der Waals surface area contributed by atoms with Gasteiger partial charge < -0.3 is 15.0 Å². The maximum absolute atomic E-state index is 12.9. The van der Waals surface area contributed by atoms with E-state index in [-0.39, 0.29) is 28.7 Å². The van der Waals surface area contributed by atoms with Crippen molar-refractivity contribution in [1.82, 2.24) is 4.90 Å². The average Bonchev–Trinajstić information content (AvgIpc) is 3.36. The molecule has 1 heterocycles. The zero-order valence-electron chi connectivity index (χ0n) is 25.2. The number of hydrogen-bond donors (Lipinski definition) is 1. The van der Waals surface area contributed by atoms with E-state index in [1.807, 2.05) is 36.0 Å². The first-order valence-corrected chi connectivity index (χ1v) is 16.2. The summed E-state index contributed by atoms with van der Waals surface area (Å²) in [5.74, 6) is 1.19. The fourth-order valence-corrected chi connectivity index (χ4v) is 5.85. The van der Waals surface area contributed by atoms with Crippen molar-refractivity contribution in [3.05, 3.63) is 70.3 Å². The number of rotatable bonds is 19. The quantitative estimate of drug-likeness (QED) is 0.122. The van der Waals surface area contributed by atoms with Crippen LogP contribution in [0.1, 0.15) is 124 Å². The number of thioether (sulfide) groups is 1. The minimum atomic E-state index is -0.238. The fourth-order valence-electron chi connectivity index (χ4n) is 4.91. The van der Waals surface area contributed by atoms with E-state index >= 15 is 0 Å². The lowest BCUT2D eigenvalue weighted by atomic mass is 10.1. The molecule has 3 rings (SSSR count). The van der Waals surface area contributed by atoms with Crippen LogP contribution in [0.4, 0.5) is 5.69 Å². The lowest BCUT2D eigenvalue weighted by Gasteiger charge is -2.19. The Kier molecular flexibility index (Phi) is 16.9. The van der Waals surface area contributed by atoms with Gasteiger partial charge in [0.1, 0.15) is 5.75 Å². The molecule has 0 spiro atoms. The van der Waals surface area contributed by atoms with Crippen LogP contribution in [0, 0.1) is 0 Å². The first-order valence-electron chi connectivity index (χ1n) is 15.2. The molecule has 226 valence electrons. The molecule has 2 aromatic carbocycles. The fraction of sp³-hybridized carbons (Fsp3) is 0.529.